The van der Waals surface area contributed by atoms with Crippen molar-refractivity contribution in [3.63, 3.8) is 0 Å². The lowest BCUT2D eigenvalue weighted by Gasteiger charge is -2.03. The largest absolute Gasteiger partial charge is 0.138 e. The Balaban J connectivity index is 2.47. The smallest absolute Gasteiger partial charge is 0.109 e. The number of hydrogen-bond donors (Lipinski definition) is 0. The van der Waals surface area contributed by atoms with Crippen LogP contribution in [0.5, 0.6) is 0 Å². The second kappa shape index (κ2) is 3.88. The maximum Gasteiger partial charge on any atom is 0.109 e. The topological polar surface area (TPSA) is 25.8 Å². The van der Waals surface area contributed by atoms with Crippen LogP contribution in [0.2, 0.25) is 0 Å². The highest BCUT2D eigenvalue weighted by molar-refractivity contribution is 7.06. The van der Waals surface area contributed by atoms with Crippen LogP contribution in [0.1, 0.15) is 24.6 Å². The average molecular weight is 204 g/mol. The predicted molar refractivity (Wildman–Crippen MR) is 59.4 cm³/mol. The van der Waals surface area contributed by atoms with Crippen LogP contribution in [-0.2, 0) is 0 Å². The van der Waals surface area contributed by atoms with Crippen molar-refractivity contribution >= 4 is 11.5 Å². The summed E-state index contributed by atoms with van der Waals surface area (Å²) >= 11 is 1.49. The number of nitrogens with zero attached hydrogens (tertiary/aromatic N) is 2. The van der Waals surface area contributed by atoms with Gasteiger partial charge in [-0.15, -0.1) is 5.10 Å². The van der Waals surface area contributed by atoms with Crippen molar-refractivity contribution in [1.82, 2.24) is 9.59 Å². The Hall–Kier alpha value is -1.22. The van der Waals surface area contributed by atoms with E-state index in [1.807, 2.05) is 18.2 Å². The minimum Gasteiger partial charge on any atom is -0.138 e. The van der Waals surface area contributed by atoms with Crippen molar-refractivity contribution in [2.45, 2.75) is 19.8 Å². The molecule has 0 bridgehead atoms. The quantitative estimate of drug-likeness (QED) is 0.750. The number of benzene rings is 1. The first-order chi connectivity index (χ1) is 6.79. The highest BCUT2D eigenvalue weighted by Gasteiger charge is 2.12. The zero-order chi connectivity index (χ0) is 9.97. The molecule has 1 aromatic carbocycles. The Morgan fingerprint density at radius 1 is 1.14 bits per heavy atom. The molecule has 14 heavy (non-hydrogen) atoms. The fourth-order valence-corrected chi connectivity index (χ4v) is 2.04. The van der Waals surface area contributed by atoms with E-state index in [0.29, 0.717) is 5.92 Å². The van der Waals surface area contributed by atoms with Crippen molar-refractivity contribution in [2.24, 2.45) is 0 Å². The van der Waals surface area contributed by atoms with E-state index in [2.05, 4.69) is 35.6 Å². The van der Waals surface area contributed by atoms with E-state index in [1.165, 1.54) is 16.4 Å². The van der Waals surface area contributed by atoms with Gasteiger partial charge in [0.25, 0.3) is 0 Å². The van der Waals surface area contributed by atoms with Crippen molar-refractivity contribution in [3.05, 3.63) is 35.2 Å². The first-order valence-electron chi connectivity index (χ1n) is 4.66. The third-order valence-corrected chi connectivity index (χ3v) is 3.11. The summed E-state index contributed by atoms with van der Waals surface area (Å²) in [6, 6.07) is 10.2. The van der Waals surface area contributed by atoms with Crippen molar-refractivity contribution < 1.29 is 0 Å². The number of rotatable bonds is 2. The van der Waals surface area contributed by atoms with Gasteiger partial charge in [0.2, 0.25) is 0 Å². The summed E-state index contributed by atoms with van der Waals surface area (Å²) in [5.41, 5.74) is 2.19. The monoisotopic (exact) mass is 204 g/mol. The van der Waals surface area contributed by atoms with Crippen LogP contribution < -0.4 is 0 Å². The highest BCUT2D eigenvalue weighted by Crippen LogP contribution is 2.29. The summed E-state index contributed by atoms with van der Waals surface area (Å²) in [6.45, 7) is 4.34. The van der Waals surface area contributed by atoms with Gasteiger partial charge in [-0.05, 0) is 17.5 Å². The van der Waals surface area contributed by atoms with Gasteiger partial charge in [-0.25, -0.2) is 0 Å². The molecule has 0 saturated heterocycles. The van der Waals surface area contributed by atoms with Gasteiger partial charge >= 0.3 is 0 Å². The maximum absolute atomic E-state index is 4.18. The Morgan fingerprint density at radius 2 is 1.86 bits per heavy atom. The van der Waals surface area contributed by atoms with Crippen LogP contribution in [0.25, 0.3) is 11.3 Å². The molecule has 0 aliphatic heterocycles. The molecule has 0 N–H and O–H groups in total. The number of aromatic nitrogens is 2. The molecule has 2 rings (SSSR count). The van der Waals surface area contributed by atoms with Gasteiger partial charge in [-0.1, -0.05) is 48.7 Å². The minimum atomic E-state index is 0.491. The second-order valence-electron chi connectivity index (χ2n) is 3.51. The molecule has 0 radical (unpaired) electrons. The Labute approximate surface area is 87.8 Å². The molecule has 0 amide bonds. The second-order valence-corrected chi connectivity index (χ2v) is 4.29. The van der Waals surface area contributed by atoms with Gasteiger partial charge in [0.15, 0.2) is 0 Å². The molecule has 1 aromatic heterocycles. The van der Waals surface area contributed by atoms with E-state index in [9.17, 15) is 0 Å². The molecule has 0 saturated carbocycles. The van der Waals surface area contributed by atoms with E-state index in [-0.39, 0.29) is 0 Å². The first-order valence-corrected chi connectivity index (χ1v) is 5.44. The van der Waals surface area contributed by atoms with Crippen LogP contribution in [0.4, 0.5) is 0 Å². The van der Waals surface area contributed by atoms with E-state index < -0.39 is 0 Å². The lowest BCUT2D eigenvalue weighted by Crippen LogP contribution is -1.87. The summed E-state index contributed by atoms with van der Waals surface area (Å²) in [4.78, 5) is 1.26. The molecule has 0 aliphatic carbocycles. The van der Waals surface area contributed by atoms with Gasteiger partial charge in [0.1, 0.15) is 5.69 Å². The standard InChI is InChI=1S/C11H12N2S/c1-8(2)11-10(12-13-14-11)9-6-4-3-5-7-9/h3-8H,1-2H3. The van der Waals surface area contributed by atoms with Crippen LogP contribution in [0.3, 0.4) is 0 Å². The van der Waals surface area contributed by atoms with Gasteiger partial charge in [0.05, 0.1) is 4.88 Å². The average Bonchev–Trinajstić information content (AvgIpc) is 2.67. The third-order valence-electron chi connectivity index (χ3n) is 2.08. The molecule has 0 spiro atoms. The fraction of sp³-hybridized carbons (Fsp3) is 0.273. The molecule has 2 nitrogen and oxygen atoms in total. The summed E-state index contributed by atoms with van der Waals surface area (Å²) in [6.07, 6.45) is 0. The zero-order valence-electron chi connectivity index (χ0n) is 8.27. The molecule has 0 fully saturated rings. The fourth-order valence-electron chi connectivity index (χ4n) is 1.37. The van der Waals surface area contributed by atoms with Crippen molar-refractivity contribution in [3.8, 4) is 11.3 Å². The van der Waals surface area contributed by atoms with Crippen LogP contribution in [-0.4, -0.2) is 9.59 Å². The summed E-state index contributed by atoms with van der Waals surface area (Å²) in [5, 5.41) is 4.18. The maximum atomic E-state index is 4.18. The molecule has 3 heteroatoms. The first kappa shape index (κ1) is 9.34. The predicted octanol–water partition coefficient (Wildman–Crippen LogP) is 3.33. The third kappa shape index (κ3) is 1.68. The van der Waals surface area contributed by atoms with E-state index in [1.54, 1.807) is 0 Å². The van der Waals surface area contributed by atoms with Crippen LogP contribution >= 0.6 is 11.5 Å². The Morgan fingerprint density at radius 3 is 2.50 bits per heavy atom. The van der Waals surface area contributed by atoms with E-state index in [0.717, 1.165) is 11.3 Å². The lowest BCUT2D eigenvalue weighted by atomic mass is 10.1. The Bertz CT molecular complexity index is 406. The van der Waals surface area contributed by atoms with Crippen LogP contribution in [0.15, 0.2) is 30.3 Å². The molecule has 72 valence electrons. The zero-order valence-corrected chi connectivity index (χ0v) is 9.08. The van der Waals surface area contributed by atoms with Crippen molar-refractivity contribution in [2.75, 3.05) is 0 Å². The molecular formula is C11H12N2S. The van der Waals surface area contributed by atoms with Gasteiger partial charge in [-0.3, -0.25) is 0 Å². The highest BCUT2D eigenvalue weighted by atomic mass is 32.1. The van der Waals surface area contributed by atoms with Crippen LogP contribution in [0, 0.1) is 0 Å². The van der Waals surface area contributed by atoms with E-state index >= 15 is 0 Å². The van der Waals surface area contributed by atoms with Crippen molar-refractivity contribution in [1.29, 1.82) is 0 Å². The molecule has 0 unspecified atom stereocenters. The molecule has 1 heterocycles. The molecule has 2 aromatic rings. The summed E-state index contributed by atoms with van der Waals surface area (Å²) in [5.74, 6) is 0.491. The SMILES string of the molecule is CC(C)c1snnc1-c1ccccc1. The summed E-state index contributed by atoms with van der Waals surface area (Å²) in [7, 11) is 0. The molecular weight excluding hydrogens is 192 g/mol. The molecule has 0 atom stereocenters. The van der Waals surface area contributed by atoms with Gasteiger partial charge in [0, 0.05) is 5.56 Å². The minimum absolute atomic E-state index is 0.491. The van der Waals surface area contributed by atoms with Gasteiger partial charge in [-0.2, -0.15) is 0 Å². The summed E-state index contributed by atoms with van der Waals surface area (Å²) < 4.78 is 4.01. The molecule has 0 aliphatic rings. The van der Waals surface area contributed by atoms with Gasteiger partial charge < -0.3 is 0 Å². The van der Waals surface area contributed by atoms with E-state index in [4.69, 9.17) is 0 Å². The number of hydrogen-bond acceptors (Lipinski definition) is 3. The Kier molecular flexibility index (Phi) is 2.59. The normalized spacial score (nSPS) is 10.8. The lowest BCUT2D eigenvalue weighted by molar-refractivity contribution is 0.887.